The molecule has 0 spiro atoms. The van der Waals surface area contributed by atoms with Gasteiger partial charge in [-0.3, -0.25) is 29.1 Å². The molecule has 31 heavy (non-hydrogen) atoms. The van der Waals surface area contributed by atoms with Crippen LogP contribution in [0.4, 0.5) is 0 Å². The van der Waals surface area contributed by atoms with E-state index in [1.54, 1.807) is 42.7 Å². The lowest BCUT2D eigenvalue weighted by Gasteiger charge is -2.34. The van der Waals surface area contributed by atoms with Gasteiger partial charge < -0.3 is 9.80 Å². The topological polar surface area (TPSA) is 104 Å². The van der Waals surface area contributed by atoms with Gasteiger partial charge in [0.15, 0.2) is 0 Å². The summed E-state index contributed by atoms with van der Waals surface area (Å²) in [7, 11) is 0. The Morgan fingerprint density at radius 3 is 2.06 bits per heavy atom. The zero-order valence-corrected chi connectivity index (χ0v) is 17.7. The molecule has 2 aliphatic heterocycles. The Balaban J connectivity index is 1.46. The van der Waals surface area contributed by atoms with E-state index in [9.17, 15) is 19.2 Å². The molecule has 0 radical (unpaired) electrons. The third-order valence-corrected chi connectivity index (χ3v) is 5.44. The summed E-state index contributed by atoms with van der Waals surface area (Å²) < 4.78 is 0. The summed E-state index contributed by atoms with van der Waals surface area (Å²) in [6.45, 7) is 6.86. The van der Waals surface area contributed by atoms with E-state index in [0.29, 0.717) is 37.3 Å². The number of hydrogen-bond donors (Lipinski definition) is 0. The minimum atomic E-state index is -0.649. The van der Waals surface area contributed by atoms with Crippen LogP contribution in [0.3, 0.4) is 0 Å². The highest BCUT2D eigenvalue weighted by Gasteiger charge is 2.42. The summed E-state index contributed by atoms with van der Waals surface area (Å²) in [6, 6.07) is 4.62. The zero-order chi connectivity index (χ0) is 22.3. The number of fused-ring (bicyclic) bond motifs is 1. The lowest BCUT2D eigenvalue weighted by Crippen LogP contribution is -2.50. The summed E-state index contributed by atoms with van der Waals surface area (Å²) in [5.41, 5.74) is 0.540. The molecule has 1 fully saturated rings. The van der Waals surface area contributed by atoms with Crippen molar-refractivity contribution in [2.75, 3.05) is 26.2 Å². The SMILES string of the molecule is CC(C)(C)N1C(=O)c2ccc(C(=O)N3CCN(C(=O)c4cnccn4)CC3)cc2C1=O. The molecule has 0 atom stereocenters. The van der Waals surface area contributed by atoms with E-state index in [1.807, 2.05) is 0 Å². The summed E-state index contributed by atoms with van der Waals surface area (Å²) >= 11 is 0. The highest BCUT2D eigenvalue weighted by Crippen LogP contribution is 2.30. The maximum atomic E-state index is 13.0. The van der Waals surface area contributed by atoms with Gasteiger partial charge in [0.25, 0.3) is 23.6 Å². The summed E-state index contributed by atoms with van der Waals surface area (Å²) in [5, 5.41) is 0. The van der Waals surface area contributed by atoms with Gasteiger partial charge in [-0.2, -0.15) is 0 Å². The van der Waals surface area contributed by atoms with Gasteiger partial charge in [0.2, 0.25) is 0 Å². The number of piperazine rings is 1. The second-order valence-electron chi connectivity index (χ2n) is 8.55. The van der Waals surface area contributed by atoms with Crippen LogP contribution in [0, 0.1) is 0 Å². The van der Waals surface area contributed by atoms with Gasteiger partial charge in [0, 0.05) is 49.7 Å². The van der Waals surface area contributed by atoms with Crippen LogP contribution >= 0.6 is 0 Å². The molecule has 1 saturated heterocycles. The predicted molar refractivity (Wildman–Crippen MR) is 111 cm³/mol. The van der Waals surface area contributed by atoms with Crippen molar-refractivity contribution in [1.82, 2.24) is 24.7 Å². The Morgan fingerprint density at radius 2 is 1.48 bits per heavy atom. The Bertz CT molecular complexity index is 1070. The Morgan fingerprint density at radius 1 is 0.871 bits per heavy atom. The Labute approximate surface area is 179 Å². The molecule has 4 amide bonds. The molecule has 0 N–H and O–H groups in total. The molecule has 4 rings (SSSR count). The van der Waals surface area contributed by atoms with E-state index in [0.717, 1.165) is 0 Å². The third kappa shape index (κ3) is 3.67. The van der Waals surface area contributed by atoms with Crippen molar-refractivity contribution in [2.24, 2.45) is 0 Å². The predicted octanol–water partition coefficient (Wildman–Crippen LogP) is 1.47. The smallest absolute Gasteiger partial charge is 0.274 e. The monoisotopic (exact) mass is 421 g/mol. The van der Waals surface area contributed by atoms with Crippen molar-refractivity contribution in [2.45, 2.75) is 26.3 Å². The minimum absolute atomic E-state index is 0.218. The normalized spacial score (nSPS) is 16.5. The molecule has 1 aromatic carbocycles. The van der Waals surface area contributed by atoms with E-state index in [-0.39, 0.29) is 34.9 Å². The number of benzene rings is 1. The fourth-order valence-electron chi connectivity index (χ4n) is 3.85. The highest BCUT2D eigenvalue weighted by atomic mass is 16.2. The van der Waals surface area contributed by atoms with Crippen molar-refractivity contribution in [3.05, 3.63) is 59.2 Å². The van der Waals surface area contributed by atoms with Crippen LogP contribution in [0.1, 0.15) is 62.3 Å². The number of hydrogen-bond acceptors (Lipinski definition) is 6. The van der Waals surface area contributed by atoms with Crippen LogP contribution in [-0.4, -0.2) is 80.0 Å². The first kappa shape index (κ1) is 20.6. The van der Waals surface area contributed by atoms with E-state index < -0.39 is 5.54 Å². The first-order valence-electron chi connectivity index (χ1n) is 10.1. The molecule has 9 heteroatoms. The minimum Gasteiger partial charge on any atom is -0.335 e. The molecule has 160 valence electrons. The molecule has 0 saturated carbocycles. The number of imide groups is 1. The number of nitrogens with zero attached hydrogens (tertiary/aromatic N) is 5. The molecular weight excluding hydrogens is 398 g/mol. The molecule has 3 heterocycles. The second kappa shape index (κ2) is 7.57. The molecule has 9 nitrogen and oxygen atoms in total. The van der Waals surface area contributed by atoms with Gasteiger partial charge in [0.1, 0.15) is 5.69 Å². The number of carbonyl (C=O) groups excluding carboxylic acids is 4. The van der Waals surface area contributed by atoms with Crippen molar-refractivity contribution in [3.8, 4) is 0 Å². The number of rotatable bonds is 2. The maximum Gasteiger partial charge on any atom is 0.274 e. The molecule has 1 aromatic heterocycles. The maximum absolute atomic E-state index is 13.0. The molecule has 0 bridgehead atoms. The number of amides is 4. The van der Waals surface area contributed by atoms with Crippen molar-refractivity contribution < 1.29 is 19.2 Å². The summed E-state index contributed by atoms with van der Waals surface area (Å²) in [5.74, 6) is -1.18. The third-order valence-electron chi connectivity index (χ3n) is 5.44. The number of aromatic nitrogens is 2. The van der Waals surface area contributed by atoms with Crippen molar-refractivity contribution >= 4 is 23.6 Å². The number of carbonyl (C=O) groups is 4. The molecule has 0 unspecified atom stereocenters. The standard InChI is InChI=1S/C22H23N5O4/c1-22(2,3)27-19(29)15-5-4-14(12-16(15)20(27)30)18(28)25-8-10-26(11-9-25)21(31)17-13-23-6-7-24-17/h4-7,12-13H,8-11H2,1-3H3. The average Bonchev–Trinajstić information content (AvgIpc) is 3.03. The van der Waals surface area contributed by atoms with Crippen LogP contribution in [0.15, 0.2) is 36.8 Å². The van der Waals surface area contributed by atoms with Gasteiger partial charge in [0.05, 0.1) is 17.3 Å². The fraction of sp³-hybridized carbons (Fsp3) is 0.364. The van der Waals surface area contributed by atoms with Gasteiger partial charge in [-0.25, -0.2) is 4.98 Å². The zero-order valence-electron chi connectivity index (χ0n) is 17.7. The van der Waals surface area contributed by atoms with Crippen LogP contribution in [-0.2, 0) is 0 Å². The van der Waals surface area contributed by atoms with Gasteiger partial charge >= 0.3 is 0 Å². The lowest BCUT2D eigenvalue weighted by molar-refractivity contribution is 0.0507. The lowest BCUT2D eigenvalue weighted by atomic mass is 10.0. The van der Waals surface area contributed by atoms with Crippen LogP contribution in [0.25, 0.3) is 0 Å². The molecular formula is C22H23N5O4. The first-order valence-corrected chi connectivity index (χ1v) is 10.1. The first-order chi connectivity index (χ1) is 14.7. The van der Waals surface area contributed by atoms with Crippen molar-refractivity contribution in [3.63, 3.8) is 0 Å². The Hall–Kier alpha value is -3.62. The van der Waals surface area contributed by atoms with Gasteiger partial charge in [-0.05, 0) is 39.0 Å². The van der Waals surface area contributed by atoms with E-state index in [1.165, 1.54) is 29.6 Å². The molecule has 2 aromatic rings. The Kier molecular flexibility index (Phi) is 5.04. The largest absolute Gasteiger partial charge is 0.335 e. The summed E-state index contributed by atoms with van der Waals surface area (Å²) in [6.07, 6.45) is 4.39. The molecule has 0 aliphatic carbocycles. The van der Waals surface area contributed by atoms with Crippen LogP contribution < -0.4 is 0 Å². The van der Waals surface area contributed by atoms with Crippen LogP contribution in [0.5, 0.6) is 0 Å². The summed E-state index contributed by atoms with van der Waals surface area (Å²) in [4.78, 5) is 63.4. The second-order valence-corrected chi connectivity index (χ2v) is 8.55. The molecule has 2 aliphatic rings. The fourth-order valence-corrected chi connectivity index (χ4v) is 3.85. The van der Waals surface area contributed by atoms with E-state index in [4.69, 9.17) is 0 Å². The quantitative estimate of drug-likeness (QED) is 0.680. The van der Waals surface area contributed by atoms with E-state index in [2.05, 4.69) is 9.97 Å². The average molecular weight is 421 g/mol. The van der Waals surface area contributed by atoms with Gasteiger partial charge in [-0.15, -0.1) is 0 Å². The van der Waals surface area contributed by atoms with Crippen LogP contribution in [0.2, 0.25) is 0 Å². The highest BCUT2D eigenvalue weighted by molar-refractivity contribution is 6.22. The van der Waals surface area contributed by atoms with Crippen molar-refractivity contribution in [1.29, 1.82) is 0 Å². The van der Waals surface area contributed by atoms with Gasteiger partial charge in [-0.1, -0.05) is 0 Å². The van der Waals surface area contributed by atoms with E-state index >= 15 is 0 Å².